The Balaban J connectivity index is 1.58. The highest BCUT2D eigenvalue weighted by Gasteiger charge is 2.29. The number of benzene rings is 1. The van der Waals surface area contributed by atoms with Crippen LogP contribution in [0.15, 0.2) is 29.2 Å². The Hall–Kier alpha value is -1.28. The van der Waals surface area contributed by atoms with Crippen LogP contribution in [0.1, 0.15) is 36.5 Å². The molecule has 2 aliphatic rings. The predicted molar refractivity (Wildman–Crippen MR) is 95.2 cm³/mol. The lowest BCUT2D eigenvalue weighted by Gasteiger charge is -2.36. The zero-order valence-electron chi connectivity index (χ0n) is 14.7. The van der Waals surface area contributed by atoms with Crippen molar-refractivity contribution < 1.29 is 17.9 Å². The van der Waals surface area contributed by atoms with E-state index in [1.54, 1.807) is 12.1 Å². The van der Waals surface area contributed by atoms with E-state index < -0.39 is 10.0 Å². The third-order valence-electron chi connectivity index (χ3n) is 4.97. The molecule has 2 aliphatic heterocycles. The van der Waals surface area contributed by atoms with Crippen LogP contribution in [0.4, 0.5) is 0 Å². The van der Waals surface area contributed by atoms with Crippen molar-refractivity contribution in [1.29, 1.82) is 0 Å². The average Bonchev–Trinajstić information content (AvgIpc) is 2.63. The molecule has 0 amide bonds. The minimum absolute atomic E-state index is 0.0671. The molecule has 1 aromatic rings. The fourth-order valence-electron chi connectivity index (χ4n) is 3.40. The molecule has 25 heavy (non-hydrogen) atoms. The Labute approximate surface area is 149 Å². The molecule has 0 saturated carbocycles. The van der Waals surface area contributed by atoms with Crippen molar-refractivity contribution in [2.24, 2.45) is 0 Å². The van der Waals surface area contributed by atoms with Crippen molar-refractivity contribution in [1.82, 2.24) is 9.21 Å². The van der Waals surface area contributed by atoms with E-state index in [1.165, 1.54) is 29.8 Å². The monoisotopic (exact) mass is 366 g/mol. The maximum absolute atomic E-state index is 12.8. The van der Waals surface area contributed by atoms with Crippen molar-refractivity contribution in [3.05, 3.63) is 29.8 Å². The molecule has 0 aromatic heterocycles. The number of rotatable bonds is 5. The molecule has 0 aliphatic carbocycles. The molecular weight excluding hydrogens is 340 g/mol. The van der Waals surface area contributed by atoms with Crippen molar-refractivity contribution in [2.75, 3.05) is 39.3 Å². The number of ketones is 1. The zero-order valence-corrected chi connectivity index (χ0v) is 15.5. The van der Waals surface area contributed by atoms with Crippen LogP contribution in [-0.2, 0) is 14.8 Å². The molecule has 0 bridgehead atoms. The van der Waals surface area contributed by atoms with E-state index in [1.807, 2.05) is 0 Å². The maximum Gasteiger partial charge on any atom is 0.243 e. The van der Waals surface area contributed by atoms with Gasteiger partial charge in [-0.3, -0.25) is 9.69 Å². The van der Waals surface area contributed by atoms with Gasteiger partial charge in [0.15, 0.2) is 5.78 Å². The molecule has 6 nitrogen and oxygen atoms in total. The SMILES string of the molecule is CC(=O)c1ccc(S(=O)(=O)N2CCN(C[C@@H]3CCCCO3)CC2)cc1. The largest absolute Gasteiger partial charge is 0.377 e. The van der Waals surface area contributed by atoms with Crippen molar-refractivity contribution >= 4 is 15.8 Å². The second kappa shape index (κ2) is 7.95. The molecule has 2 saturated heterocycles. The van der Waals surface area contributed by atoms with Gasteiger partial charge in [0.2, 0.25) is 10.0 Å². The first-order valence-electron chi connectivity index (χ1n) is 8.92. The average molecular weight is 366 g/mol. The van der Waals surface area contributed by atoms with E-state index in [0.717, 1.165) is 39.1 Å². The van der Waals surface area contributed by atoms with E-state index in [2.05, 4.69) is 4.90 Å². The van der Waals surface area contributed by atoms with Crippen LogP contribution in [0.2, 0.25) is 0 Å². The lowest BCUT2D eigenvalue weighted by Crippen LogP contribution is -2.50. The Kier molecular flexibility index (Phi) is 5.89. The van der Waals surface area contributed by atoms with E-state index in [-0.39, 0.29) is 16.8 Å². The third-order valence-corrected chi connectivity index (χ3v) is 6.88. The number of carbonyl (C=O) groups is 1. The summed E-state index contributed by atoms with van der Waals surface area (Å²) in [6.45, 7) is 5.64. The Bertz CT molecular complexity index is 688. The quantitative estimate of drug-likeness (QED) is 0.743. The smallest absolute Gasteiger partial charge is 0.243 e. The lowest BCUT2D eigenvalue weighted by atomic mass is 10.1. The van der Waals surface area contributed by atoms with Gasteiger partial charge in [0.1, 0.15) is 0 Å². The molecule has 0 spiro atoms. The van der Waals surface area contributed by atoms with E-state index >= 15 is 0 Å². The number of ether oxygens (including phenoxy) is 1. The maximum atomic E-state index is 12.8. The van der Waals surface area contributed by atoms with Crippen LogP contribution < -0.4 is 0 Å². The molecule has 2 fully saturated rings. The van der Waals surface area contributed by atoms with Gasteiger partial charge in [0, 0.05) is 44.9 Å². The molecule has 7 heteroatoms. The minimum Gasteiger partial charge on any atom is -0.377 e. The van der Waals surface area contributed by atoms with Gasteiger partial charge in [-0.15, -0.1) is 0 Å². The summed E-state index contributed by atoms with van der Waals surface area (Å²) in [6.07, 6.45) is 3.75. The molecule has 1 atom stereocenters. The third kappa shape index (κ3) is 4.47. The number of carbonyl (C=O) groups excluding carboxylic acids is 1. The van der Waals surface area contributed by atoms with Crippen LogP contribution in [0.3, 0.4) is 0 Å². The molecule has 0 N–H and O–H groups in total. The summed E-state index contributed by atoms with van der Waals surface area (Å²) in [5.74, 6) is -0.0671. The van der Waals surface area contributed by atoms with E-state index in [0.29, 0.717) is 18.7 Å². The number of Topliss-reactive ketones (excluding diaryl/α,β-unsaturated/α-hetero) is 1. The molecule has 1 aromatic carbocycles. The van der Waals surface area contributed by atoms with Crippen LogP contribution >= 0.6 is 0 Å². The standard InChI is InChI=1S/C18H26N2O4S/c1-15(21)16-5-7-18(8-6-16)25(22,23)20-11-9-19(10-12-20)14-17-4-2-3-13-24-17/h5-8,17H,2-4,9-14H2,1H3/t17-/m0/s1. The molecule has 2 heterocycles. The fourth-order valence-corrected chi connectivity index (χ4v) is 4.82. The molecule has 0 unspecified atom stereocenters. The van der Waals surface area contributed by atoms with Gasteiger partial charge in [-0.2, -0.15) is 4.31 Å². The van der Waals surface area contributed by atoms with Gasteiger partial charge in [-0.25, -0.2) is 8.42 Å². The Morgan fingerprint density at radius 2 is 1.80 bits per heavy atom. The summed E-state index contributed by atoms with van der Waals surface area (Å²) in [7, 11) is -3.50. The lowest BCUT2D eigenvalue weighted by molar-refractivity contribution is -0.0103. The zero-order chi connectivity index (χ0) is 17.9. The number of nitrogens with zero attached hydrogens (tertiary/aromatic N) is 2. The Morgan fingerprint density at radius 3 is 2.36 bits per heavy atom. The second-order valence-corrected chi connectivity index (χ2v) is 8.71. The van der Waals surface area contributed by atoms with Crippen molar-refractivity contribution in [2.45, 2.75) is 37.2 Å². The summed E-state index contributed by atoms with van der Waals surface area (Å²) in [5.41, 5.74) is 0.524. The summed E-state index contributed by atoms with van der Waals surface area (Å²) >= 11 is 0. The number of hydrogen-bond acceptors (Lipinski definition) is 5. The fraction of sp³-hybridized carbons (Fsp3) is 0.611. The number of piperazine rings is 1. The van der Waals surface area contributed by atoms with Crippen molar-refractivity contribution in [3.8, 4) is 0 Å². The normalized spacial score (nSPS) is 23.5. The van der Waals surface area contributed by atoms with E-state index in [4.69, 9.17) is 4.74 Å². The van der Waals surface area contributed by atoms with Crippen LogP contribution in [0, 0.1) is 0 Å². The summed E-state index contributed by atoms with van der Waals surface area (Å²) in [4.78, 5) is 13.9. The topological polar surface area (TPSA) is 66.9 Å². The highest BCUT2D eigenvalue weighted by molar-refractivity contribution is 7.89. The van der Waals surface area contributed by atoms with Crippen LogP contribution in [-0.4, -0.2) is 68.8 Å². The van der Waals surface area contributed by atoms with Crippen molar-refractivity contribution in [3.63, 3.8) is 0 Å². The number of hydrogen-bond donors (Lipinski definition) is 0. The molecular formula is C18H26N2O4S. The summed E-state index contributed by atoms with van der Waals surface area (Å²) in [5, 5.41) is 0. The first-order valence-corrected chi connectivity index (χ1v) is 10.4. The van der Waals surface area contributed by atoms with Crippen LogP contribution in [0.25, 0.3) is 0 Å². The first-order chi connectivity index (χ1) is 12.0. The number of sulfonamides is 1. The van der Waals surface area contributed by atoms with Gasteiger partial charge in [-0.1, -0.05) is 12.1 Å². The first kappa shape index (κ1) is 18.5. The second-order valence-electron chi connectivity index (χ2n) is 6.77. The van der Waals surface area contributed by atoms with Gasteiger partial charge in [0.25, 0.3) is 0 Å². The van der Waals surface area contributed by atoms with Crippen LogP contribution in [0.5, 0.6) is 0 Å². The highest BCUT2D eigenvalue weighted by atomic mass is 32.2. The molecule has 3 rings (SSSR count). The van der Waals surface area contributed by atoms with Gasteiger partial charge >= 0.3 is 0 Å². The van der Waals surface area contributed by atoms with Gasteiger partial charge < -0.3 is 4.74 Å². The minimum atomic E-state index is -3.50. The summed E-state index contributed by atoms with van der Waals surface area (Å²) < 4.78 is 32.8. The molecule has 138 valence electrons. The molecule has 0 radical (unpaired) electrons. The predicted octanol–water partition coefficient (Wildman–Crippen LogP) is 1.76. The summed E-state index contributed by atoms with van der Waals surface area (Å²) in [6, 6.07) is 6.19. The Morgan fingerprint density at radius 1 is 1.12 bits per heavy atom. The van der Waals surface area contributed by atoms with Gasteiger partial charge in [-0.05, 0) is 38.3 Å². The van der Waals surface area contributed by atoms with Gasteiger partial charge in [0.05, 0.1) is 11.0 Å². The van der Waals surface area contributed by atoms with E-state index in [9.17, 15) is 13.2 Å². The highest BCUT2D eigenvalue weighted by Crippen LogP contribution is 2.20.